The van der Waals surface area contributed by atoms with Crippen LogP contribution < -0.4 is 0 Å². The fourth-order valence-corrected chi connectivity index (χ4v) is 3.72. The molecule has 2 rings (SSSR count). The summed E-state index contributed by atoms with van der Waals surface area (Å²) in [5, 5.41) is 1.01. The third-order valence-electron chi connectivity index (χ3n) is 2.48. The lowest BCUT2D eigenvalue weighted by molar-refractivity contribution is 0.909. The molecule has 0 radical (unpaired) electrons. The SMILES string of the molecule is BrCc1c(I)ccc2c1CCC2. The maximum absolute atomic E-state index is 3.56. The number of halogens is 2. The lowest BCUT2D eigenvalue weighted by Gasteiger charge is -2.07. The average molecular weight is 337 g/mol. The lowest BCUT2D eigenvalue weighted by atomic mass is 10.1. The van der Waals surface area contributed by atoms with Gasteiger partial charge in [0.2, 0.25) is 0 Å². The summed E-state index contributed by atoms with van der Waals surface area (Å²) in [4.78, 5) is 0. The summed E-state index contributed by atoms with van der Waals surface area (Å²) in [6.45, 7) is 0. The number of fused-ring (bicyclic) bond motifs is 1. The largest absolute Gasteiger partial charge is 0.0876 e. The van der Waals surface area contributed by atoms with E-state index < -0.39 is 0 Å². The van der Waals surface area contributed by atoms with Gasteiger partial charge in [0.15, 0.2) is 0 Å². The van der Waals surface area contributed by atoms with E-state index in [-0.39, 0.29) is 0 Å². The van der Waals surface area contributed by atoms with E-state index in [1.54, 1.807) is 11.1 Å². The molecule has 12 heavy (non-hydrogen) atoms. The standard InChI is InChI=1S/C10H10BrI/c11-6-9-8-3-1-2-7(8)4-5-10(9)12/h4-5H,1-3,6H2. The van der Waals surface area contributed by atoms with Crippen molar-refractivity contribution >= 4 is 38.5 Å². The van der Waals surface area contributed by atoms with Crippen LogP contribution in [0, 0.1) is 3.57 Å². The molecule has 1 aliphatic rings. The molecular formula is C10H10BrI. The minimum atomic E-state index is 1.01. The Morgan fingerprint density at radius 1 is 1.33 bits per heavy atom. The van der Waals surface area contributed by atoms with E-state index in [1.807, 2.05) is 0 Å². The molecule has 1 aromatic carbocycles. The fourth-order valence-electron chi connectivity index (χ4n) is 1.86. The second-order valence-electron chi connectivity index (χ2n) is 3.15. The molecule has 1 aliphatic carbocycles. The number of hydrogen-bond acceptors (Lipinski definition) is 0. The van der Waals surface area contributed by atoms with Crippen LogP contribution in [0.2, 0.25) is 0 Å². The van der Waals surface area contributed by atoms with Crippen molar-refractivity contribution in [2.24, 2.45) is 0 Å². The zero-order valence-electron chi connectivity index (χ0n) is 6.74. The van der Waals surface area contributed by atoms with Crippen LogP contribution in [0.5, 0.6) is 0 Å². The van der Waals surface area contributed by atoms with Crippen LogP contribution in [0.15, 0.2) is 12.1 Å². The third-order valence-corrected chi connectivity index (χ3v) is 4.05. The van der Waals surface area contributed by atoms with Gasteiger partial charge in [0.25, 0.3) is 0 Å². The predicted octanol–water partition coefficient (Wildman–Crippen LogP) is 3.67. The molecule has 0 saturated heterocycles. The zero-order valence-corrected chi connectivity index (χ0v) is 10.5. The van der Waals surface area contributed by atoms with Crippen molar-refractivity contribution in [2.75, 3.05) is 0 Å². The number of rotatable bonds is 1. The summed E-state index contributed by atoms with van der Waals surface area (Å²) in [6, 6.07) is 4.53. The summed E-state index contributed by atoms with van der Waals surface area (Å²) < 4.78 is 1.41. The number of hydrogen-bond donors (Lipinski definition) is 0. The van der Waals surface area contributed by atoms with Crippen molar-refractivity contribution in [1.82, 2.24) is 0 Å². The molecule has 0 aliphatic heterocycles. The summed E-state index contributed by atoms with van der Waals surface area (Å²) in [6.07, 6.45) is 3.91. The summed E-state index contributed by atoms with van der Waals surface area (Å²) in [7, 11) is 0. The van der Waals surface area contributed by atoms with E-state index in [0.29, 0.717) is 0 Å². The van der Waals surface area contributed by atoms with E-state index in [0.717, 1.165) is 5.33 Å². The highest BCUT2D eigenvalue weighted by Gasteiger charge is 2.15. The molecule has 1 aromatic rings. The van der Waals surface area contributed by atoms with E-state index in [4.69, 9.17) is 0 Å². The summed E-state index contributed by atoms with van der Waals surface area (Å²) >= 11 is 5.98. The van der Waals surface area contributed by atoms with Crippen LogP contribution in [0.1, 0.15) is 23.1 Å². The van der Waals surface area contributed by atoms with Gasteiger partial charge in [-0.15, -0.1) is 0 Å². The van der Waals surface area contributed by atoms with Crippen molar-refractivity contribution in [3.8, 4) is 0 Å². The van der Waals surface area contributed by atoms with Crippen molar-refractivity contribution in [1.29, 1.82) is 0 Å². The Kier molecular flexibility index (Phi) is 2.75. The maximum atomic E-state index is 3.56. The molecule has 64 valence electrons. The summed E-state index contributed by atoms with van der Waals surface area (Å²) in [5.74, 6) is 0. The Labute approximate surface area is 95.0 Å². The minimum absolute atomic E-state index is 1.01. The van der Waals surface area contributed by atoms with Crippen LogP contribution in [0.25, 0.3) is 0 Å². The summed E-state index contributed by atoms with van der Waals surface area (Å²) in [5.41, 5.74) is 4.70. The number of alkyl halides is 1. The average Bonchev–Trinajstić information content (AvgIpc) is 2.52. The molecule has 0 heterocycles. The van der Waals surface area contributed by atoms with Gasteiger partial charge in [0, 0.05) is 8.90 Å². The lowest BCUT2D eigenvalue weighted by Crippen LogP contribution is -1.93. The van der Waals surface area contributed by atoms with Crippen molar-refractivity contribution < 1.29 is 0 Å². The fraction of sp³-hybridized carbons (Fsp3) is 0.400. The Morgan fingerprint density at radius 2 is 2.17 bits per heavy atom. The Hall–Kier alpha value is 0.430. The molecule has 0 atom stereocenters. The minimum Gasteiger partial charge on any atom is -0.0876 e. The molecule has 0 spiro atoms. The first-order chi connectivity index (χ1) is 5.83. The highest BCUT2D eigenvalue weighted by atomic mass is 127. The Balaban J connectivity index is 2.57. The monoisotopic (exact) mass is 336 g/mol. The molecular weight excluding hydrogens is 327 g/mol. The van der Waals surface area contributed by atoms with Gasteiger partial charge in [0.1, 0.15) is 0 Å². The Morgan fingerprint density at radius 3 is 2.92 bits per heavy atom. The zero-order chi connectivity index (χ0) is 8.55. The highest BCUT2D eigenvalue weighted by Crippen LogP contribution is 2.29. The maximum Gasteiger partial charge on any atom is 0.0296 e. The van der Waals surface area contributed by atoms with Gasteiger partial charge in [-0.1, -0.05) is 22.0 Å². The van der Waals surface area contributed by atoms with Gasteiger partial charge in [-0.25, -0.2) is 0 Å². The predicted molar refractivity (Wildman–Crippen MR) is 63.8 cm³/mol. The highest BCUT2D eigenvalue weighted by molar-refractivity contribution is 14.1. The second-order valence-corrected chi connectivity index (χ2v) is 4.87. The first-order valence-electron chi connectivity index (χ1n) is 4.18. The van der Waals surface area contributed by atoms with Gasteiger partial charge in [0.05, 0.1) is 0 Å². The molecule has 0 nitrogen and oxygen atoms in total. The van der Waals surface area contributed by atoms with Gasteiger partial charge >= 0.3 is 0 Å². The molecule has 0 bridgehead atoms. The number of benzene rings is 1. The molecule has 0 fully saturated rings. The molecule has 0 N–H and O–H groups in total. The van der Waals surface area contributed by atoms with Crippen LogP contribution in [0.4, 0.5) is 0 Å². The van der Waals surface area contributed by atoms with E-state index in [1.165, 1.54) is 28.4 Å². The van der Waals surface area contributed by atoms with Crippen LogP contribution in [-0.2, 0) is 18.2 Å². The first kappa shape index (κ1) is 9.00. The van der Waals surface area contributed by atoms with Crippen molar-refractivity contribution in [3.05, 3.63) is 32.4 Å². The van der Waals surface area contributed by atoms with E-state index in [9.17, 15) is 0 Å². The van der Waals surface area contributed by atoms with Gasteiger partial charge < -0.3 is 0 Å². The molecule has 2 heteroatoms. The van der Waals surface area contributed by atoms with Crippen LogP contribution >= 0.6 is 38.5 Å². The van der Waals surface area contributed by atoms with Gasteiger partial charge in [-0.05, 0) is 64.6 Å². The second kappa shape index (κ2) is 3.66. The van der Waals surface area contributed by atoms with Crippen molar-refractivity contribution in [3.63, 3.8) is 0 Å². The molecule has 0 amide bonds. The number of aryl methyl sites for hydroxylation is 1. The van der Waals surface area contributed by atoms with Gasteiger partial charge in [-0.3, -0.25) is 0 Å². The topological polar surface area (TPSA) is 0 Å². The van der Waals surface area contributed by atoms with Gasteiger partial charge in [-0.2, -0.15) is 0 Å². The Bertz CT molecular complexity index is 307. The van der Waals surface area contributed by atoms with Crippen molar-refractivity contribution in [2.45, 2.75) is 24.6 Å². The third kappa shape index (κ3) is 1.43. The van der Waals surface area contributed by atoms with E-state index >= 15 is 0 Å². The molecule has 0 unspecified atom stereocenters. The van der Waals surface area contributed by atoms with E-state index in [2.05, 4.69) is 50.7 Å². The quantitative estimate of drug-likeness (QED) is 0.542. The molecule has 0 aromatic heterocycles. The van der Waals surface area contributed by atoms with Crippen LogP contribution in [0.3, 0.4) is 0 Å². The molecule has 0 saturated carbocycles. The normalized spacial score (nSPS) is 14.8. The van der Waals surface area contributed by atoms with Crippen LogP contribution in [-0.4, -0.2) is 0 Å². The smallest absolute Gasteiger partial charge is 0.0296 e. The first-order valence-corrected chi connectivity index (χ1v) is 6.38.